The SMILES string of the molecule is CCCC1CCC(CCC(Oc2cc(F)c(C(F)(F)F)c(F)c2)c2ccccc2)CC1. The molecule has 0 bridgehead atoms. The zero-order valence-electron chi connectivity index (χ0n) is 17.7. The highest BCUT2D eigenvalue weighted by Gasteiger charge is 2.38. The van der Waals surface area contributed by atoms with E-state index in [9.17, 15) is 22.0 Å². The van der Waals surface area contributed by atoms with Gasteiger partial charge >= 0.3 is 6.18 Å². The van der Waals surface area contributed by atoms with Gasteiger partial charge in [0.25, 0.3) is 0 Å². The molecule has 1 atom stereocenters. The fourth-order valence-electron chi connectivity index (χ4n) is 4.62. The molecule has 2 aromatic rings. The molecule has 1 aliphatic carbocycles. The van der Waals surface area contributed by atoms with Crippen molar-refractivity contribution in [1.82, 2.24) is 0 Å². The Morgan fingerprint density at radius 3 is 1.97 bits per heavy atom. The van der Waals surface area contributed by atoms with E-state index in [-0.39, 0.29) is 5.75 Å². The van der Waals surface area contributed by atoms with Crippen molar-refractivity contribution in [3.05, 3.63) is 65.2 Å². The average molecular weight is 440 g/mol. The molecular weight excluding hydrogens is 411 g/mol. The summed E-state index contributed by atoms with van der Waals surface area (Å²) in [5.41, 5.74) is -1.05. The van der Waals surface area contributed by atoms with Crippen LogP contribution in [-0.2, 0) is 6.18 Å². The van der Waals surface area contributed by atoms with Crippen LogP contribution in [0, 0.1) is 23.5 Å². The van der Waals surface area contributed by atoms with Crippen LogP contribution in [0.3, 0.4) is 0 Å². The normalized spacial score (nSPS) is 20.5. The van der Waals surface area contributed by atoms with Gasteiger partial charge in [0, 0.05) is 12.1 Å². The summed E-state index contributed by atoms with van der Waals surface area (Å²) in [5.74, 6) is -2.18. The van der Waals surface area contributed by atoms with Gasteiger partial charge in [0.05, 0.1) is 0 Å². The van der Waals surface area contributed by atoms with Crippen LogP contribution in [0.1, 0.15) is 75.5 Å². The molecule has 0 aromatic heterocycles. The fraction of sp³-hybridized carbons (Fsp3) is 0.520. The molecule has 0 saturated heterocycles. The highest BCUT2D eigenvalue weighted by Crippen LogP contribution is 2.38. The number of hydrogen-bond donors (Lipinski definition) is 0. The van der Waals surface area contributed by atoms with Crippen molar-refractivity contribution < 1.29 is 26.7 Å². The van der Waals surface area contributed by atoms with E-state index < -0.39 is 29.5 Å². The molecule has 1 aliphatic rings. The molecule has 0 amide bonds. The monoisotopic (exact) mass is 440 g/mol. The molecule has 0 aliphatic heterocycles. The quantitative estimate of drug-likeness (QED) is 0.374. The predicted molar refractivity (Wildman–Crippen MR) is 111 cm³/mol. The molecule has 0 radical (unpaired) electrons. The minimum Gasteiger partial charge on any atom is -0.486 e. The Kier molecular flexibility index (Phi) is 7.95. The molecule has 2 aromatic carbocycles. The van der Waals surface area contributed by atoms with Crippen molar-refractivity contribution in [3.8, 4) is 5.75 Å². The zero-order chi connectivity index (χ0) is 22.4. The summed E-state index contributed by atoms with van der Waals surface area (Å²) in [4.78, 5) is 0. The second-order valence-electron chi connectivity index (χ2n) is 8.53. The van der Waals surface area contributed by atoms with Crippen molar-refractivity contribution in [2.24, 2.45) is 11.8 Å². The lowest BCUT2D eigenvalue weighted by atomic mass is 9.78. The molecular formula is C25H29F5O. The first kappa shape index (κ1) is 23.6. The molecule has 170 valence electrons. The van der Waals surface area contributed by atoms with Gasteiger partial charge in [0.15, 0.2) is 0 Å². The molecule has 3 rings (SSSR count). The van der Waals surface area contributed by atoms with Gasteiger partial charge in [-0.3, -0.25) is 0 Å². The highest BCUT2D eigenvalue weighted by atomic mass is 19.4. The van der Waals surface area contributed by atoms with Crippen LogP contribution in [0.4, 0.5) is 22.0 Å². The lowest BCUT2D eigenvalue weighted by molar-refractivity contribution is -0.142. The highest BCUT2D eigenvalue weighted by molar-refractivity contribution is 5.33. The smallest absolute Gasteiger partial charge is 0.422 e. The standard InChI is InChI=1S/C25H29F5O/c1-2-6-17-9-11-18(12-10-17)13-14-23(19-7-4-3-5-8-19)31-20-15-21(26)24(22(27)16-20)25(28,29)30/h3-5,7-8,15-18,23H,2,6,9-14H2,1H3. The maximum atomic E-state index is 14.0. The Balaban J connectivity index is 1.71. The van der Waals surface area contributed by atoms with Gasteiger partial charge in [-0.25, -0.2) is 8.78 Å². The number of halogens is 5. The summed E-state index contributed by atoms with van der Waals surface area (Å²) in [5, 5.41) is 0. The van der Waals surface area contributed by atoms with Crippen molar-refractivity contribution >= 4 is 0 Å². The van der Waals surface area contributed by atoms with Crippen LogP contribution < -0.4 is 4.74 Å². The van der Waals surface area contributed by atoms with E-state index in [1.54, 1.807) is 0 Å². The van der Waals surface area contributed by atoms with Crippen LogP contribution in [0.2, 0.25) is 0 Å². The van der Waals surface area contributed by atoms with Crippen molar-refractivity contribution in [3.63, 3.8) is 0 Å². The summed E-state index contributed by atoms with van der Waals surface area (Å²) < 4.78 is 72.4. The lowest BCUT2D eigenvalue weighted by Gasteiger charge is -2.29. The molecule has 6 heteroatoms. The van der Waals surface area contributed by atoms with Crippen LogP contribution in [-0.4, -0.2) is 0 Å². The third kappa shape index (κ3) is 6.44. The predicted octanol–water partition coefficient (Wildman–Crippen LogP) is 8.49. The summed E-state index contributed by atoms with van der Waals surface area (Å²) in [6, 6.07) is 10.5. The topological polar surface area (TPSA) is 9.23 Å². The summed E-state index contributed by atoms with van der Waals surface area (Å²) in [6.45, 7) is 2.21. The summed E-state index contributed by atoms with van der Waals surface area (Å²) in [6.07, 6.45) is 3.22. The third-order valence-electron chi connectivity index (χ3n) is 6.25. The molecule has 31 heavy (non-hydrogen) atoms. The maximum absolute atomic E-state index is 14.0. The first-order chi connectivity index (χ1) is 14.8. The molecule has 0 heterocycles. The molecule has 1 nitrogen and oxygen atoms in total. The molecule has 0 N–H and O–H groups in total. The maximum Gasteiger partial charge on any atom is 0.422 e. The Labute approximate surface area is 180 Å². The van der Waals surface area contributed by atoms with E-state index in [4.69, 9.17) is 4.74 Å². The van der Waals surface area contributed by atoms with Crippen molar-refractivity contribution in [1.29, 1.82) is 0 Å². The molecule has 1 saturated carbocycles. The minimum absolute atomic E-state index is 0.233. The first-order valence-electron chi connectivity index (χ1n) is 11.1. The number of rotatable bonds is 8. The number of alkyl halides is 3. The van der Waals surface area contributed by atoms with E-state index in [0.29, 0.717) is 24.5 Å². The molecule has 1 unspecified atom stereocenters. The Morgan fingerprint density at radius 1 is 0.903 bits per heavy atom. The minimum atomic E-state index is -5.10. The fourth-order valence-corrected chi connectivity index (χ4v) is 4.62. The molecule has 0 spiro atoms. The second-order valence-corrected chi connectivity index (χ2v) is 8.53. The van der Waals surface area contributed by atoms with Gasteiger partial charge in [-0.05, 0) is 30.2 Å². The van der Waals surface area contributed by atoms with Crippen LogP contribution in [0.5, 0.6) is 5.75 Å². The number of ether oxygens (including phenoxy) is 1. The van der Waals surface area contributed by atoms with E-state index >= 15 is 0 Å². The lowest BCUT2D eigenvalue weighted by Crippen LogP contribution is -2.17. The number of hydrogen-bond acceptors (Lipinski definition) is 1. The van der Waals surface area contributed by atoms with Gasteiger partial charge in [-0.1, -0.05) is 75.8 Å². The van der Waals surface area contributed by atoms with Gasteiger partial charge in [-0.2, -0.15) is 13.2 Å². The van der Waals surface area contributed by atoms with Gasteiger partial charge < -0.3 is 4.74 Å². The summed E-state index contributed by atoms with van der Waals surface area (Å²) >= 11 is 0. The van der Waals surface area contributed by atoms with Gasteiger partial charge in [0.1, 0.15) is 29.1 Å². The Bertz CT molecular complexity index is 803. The van der Waals surface area contributed by atoms with E-state index in [1.165, 1.54) is 25.7 Å². The largest absolute Gasteiger partial charge is 0.486 e. The average Bonchev–Trinajstić information content (AvgIpc) is 2.71. The molecule has 1 fully saturated rings. The van der Waals surface area contributed by atoms with Crippen LogP contribution >= 0.6 is 0 Å². The summed E-state index contributed by atoms with van der Waals surface area (Å²) in [7, 11) is 0. The van der Waals surface area contributed by atoms with E-state index in [0.717, 1.165) is 30.7 Å². The van der Waals surface area contributed by atoms with E-state index in [1.807, 2.05) is 30.3 Å². The van der Waals surface area contributed by atoms with E-state index in [2.05, 4.69) is 6.92 Å². The Hall–Kier alpha value is -2.11. The zero-order valence-corrected chi connectivity index (χ0v) is 17.7. The Morgan fingerprint density at radius 2 is 1.45 bits per heavy atom. The second kappa shape index (κ2) is 10.5. The number of benzene rings is 2. The first-order valence-corrected chi connectivity index (χ1v) is 11.1. The van der Waals surface area contributed by atoms with Crippen molar-refractivity contribution in [2.45, 2.75) is 70.6 Å². The van der Waals surface area contributed by atoms with Gasteiger partial charge in [0.2, 0.25) is 0 Å². The van der Waals surface area contributed by atoms with Gasteiger partial charge in [-0.15, -0.1) is 0 Å². The van der Waals surface area contributed by atoms with Crippen LogP contribution in [0.25, 0.3) is 0 Å². The van der Waals surface area contributed by atoms with Crippen molar-refractivity contribution in [2.75, 3.05) is 0 Å². The third-order valence-corrected chi connectivity index (χ3v) is 6.25. The van der Waals surface area contributed by atoms with Crippen LogP contribution in [0.15, 0.2) is 42.5 Å².